The Kier molecular flexibility index (Phi) is 9.97. The fourth-order valence-corrected chi connectivity index (χ4v) is 2.95. The van der Waals surface area contributed by atoms with Gasteiger partial charge in [0.05, 0.1) is 7.11 Å². The van der Waals surface area contributed by atoms with Crippen LogP contribution in [0.1, 0.15) is 31.4 Å². The van der Waals surface area contributed by atoms with Gasteiger partial charge in [0, 0.05) is 6.42 Å². The quantitative estimate of drug-likeness (QED) is 0.437. The highest BCUT2D eigenvalue weighted by Crippen LogP contribution is 2.07. The number of nitrogens with one attached hydrogen (secondary N) is 2. The zero-order valence-corrected chi connectivity index (χ0v) is 18.7. The molecule has 2 aromatic rings. The van der Waals surface area contributed by atoms with Crippen molar-refractivity contribution in [2.24, 2.45) is 0 Å². The zero-order valence-electron chi connectivity index (χ0n) is 18.7. The van der Waals surface area contributed by atoms with Gasteiger partial charge in [-0.3, -0.25) is 4.79 Å². The Hall–Kier alpha value is -3.61. The van der Waals surface area contributed by atoms with E-state index < -0.39 is 30.1 Å². The summed E-state index contributed by atoms with van der Waals surface area (Å²) in [5, 5.41) is 5.32. The molecule has 0 aliphatic carbocycles. The van der Waals surface area contributed by atoms with Crippen LogP contribution in [0.3, 0.4) is 0 Å². The Morgan fingerprint density at radius 3 is 2.03 bits per heavy atom. The number of hydrogen-bond donors (Lipinski definition) is 2. The van der Waals surface area contributed by atoms with Crippen molar-refractivity contribution in [1.82, 2.24) is 10.6 Å². The number of ether oxygens (including phenoxy) is 2. The number of esters is 1. The molecule has 0 heterocycles. The summed E-state index contributed by atoms with van der Waals surface area (Å²) in [6, 6.07) is 16.7. The normalized spacial score (nSPS) is 12.1. The highest BCUT2D eigenvalue weighted by molar-refractivity contribution is 5.90. The highest BCUT2D eigenvalue weighted by atomic mass is 16.5. The van der Waals surface area contributed by atoms with Gasteiger partial charge in [-0.25, -0.2) is 9.59 Å². The molecule has 0 unspecified atom stereocenters. The lowest BCUT2D eigenvalue weighted by Crippen LogP contribution is -2.52. The second kappa shape index (κ2) is 12.9. The van der Waals surface area contributed by atoms with Crippen molar-refractivity contribution in [2.75, 3.05) is 7.11 Å². The molecule has 2 amide bonds. The number of carbonyl (C=O) groups excluding carboxylic acids is 3. The van der Waals surface area contributed by atoms with Gasteiger partial charge in [0.15, 0.2) is 0 Å². The lowest BCUT2D eigenvalue weighted by Gasteiger charge is -2.22. The van der Waals surface area contributed by atoms with Crippen molar-refractivity contribution in [3.8, 4) is 0 Å². The maximum absolute atomic E-state index is 13.0. The molecule has 2 rings (SSSR count). The summed E-state index contributed by atoms with van der Waals surface area (Å²) in [4.78, 5) is 37.6. The fourth-order valence-electron chi connectivity index (χ4n) is 2.95. The number of amides is 2. The first-order valence-electron chi connectivity index (χ1n) is 10.4. The van der Waals surface area contributed by atoms with Crippen LogP contribution in [0.5, 0.6) is 0 Å². The molecule has 0 spiro atoms. The molecule has 0 bridgehead atoms. The summed E-state index contributed by atoms with van der Waals surface area (Å²) in [5.74, 6) is -1.05. The van der Waals surface area contributed by atoms with E-state index >= 15 is 0 Å². The number of rotatable bonds is 10. The van der Waals surface area contributed by atoms with E-state index in [0.29, 0.717) is 0 Å². The topological polar surface area (TPSA) is 93.7 Å². The molecule has 2 N–H and O–H groups in total. The molecule has 2 aromatic carbocycles. The average Bonchev–Trinajstić information content (AvgIpc) is 2.80. The number of benzene rings is 2. The summed E-state index contributed by atoms with van der Waals surface area (Å²) < 4.78 is 10.1. The van der Waals surface area contributed by atoms with E-state index in [-0.39, 0.29) is 19.4 Å². The summed E-state index contributed by atoms with van der Waals surface area (Å²) >= 11 is 0. The lowest BCUT2D eigenvalue weighted by molar-refractivity contribution is -0.145. The van der Waals surface area contributed by atoms with Gasteiger partial charge in [0.25, 0.3) is 0 Å². The number of carbonyl (C=O) groups is 3. The van der Waals surface area contributed by atoms with Crippen molar-refractivity contribution < 1.29 is 23.9 Å². The number of allylic oxidation sites excluding steroid dienone is 1. The molecule has 0 saturated carbocycles. The minimum absolute atomic E-state index is 0.0811. The summed E-state index contributed by atoms with van der Waals surface area (Å²) in [6.45, 7) is 3.88. The molecule has 32 heavy (non-hydrogen) atoms. The largest absolute Gasteiger partial charge is 0.467 e. The van der Waals surface area contributed by atoms with Gasteiger partial charge in [-0.1, -0.05) is 72.3 Å². The molecule has 0 fully saturated rings. The van der Waals surface area contributed by atoms with Gasteiger partial charge in [0.1, 0.15) is 18.7 Å². The van der Waals surface area contributed by atoms with Gasteiger partial charge in [0.2, 0.25) is 5.91 Å². The molecule has 7 nitrogen and oxygen atoms in total. The molecule has 7 heteroatoms. The van der Waals surface area contributed by atoms with Crippen LogP contribution in [0, 0.1) is 0 Å². The first-order chi connectivity index (χ1) is 15.4. The van der Waals surface area contributed by atoms with Crippen LogP contribution in [-0.4, -0.2) is 37.2 Å². The van der Waals surface area contributed by atoms with Crippen molar-refractivity contribution in [3.05, 3.63) is 83.4 Å². The maximum atomic E-state index is 13.0. The first kappa shape index (κ1) is 24.7. The van der Waals surface area contributed by atoms with Crippen LogP contribution in [0.25, 0.3) is 0 Å². The smallest absolute Gasteiger partial charge is 0.408 e. The van der Waals surface area contributed by atoms with Gasteiger partial charge >= 0.3 is 12.1 Å². The molecule has 0 radical (unpaired) electrons. The van der Waals surface area contributed by atoms with E-state index in [1.807, 2.05) is 80.6 Å². The van der Waals surface area contributed by atoms with Crippen molar-refractivity contribution in [3.63, 3.8) is 0 Å². The molecule has 0 saturated heterocycles. The second-order valence-electron chi connectivity index (χ2n) is 7.55. The average molecular weight is 439 g/mol. The third-order valence-corrected chi connectivity index (χ3v) is 4.67. The van der Waals surface area contributed by atoms with Crippen LogP contribution in [-0.2, 0) is 32.1 Å². The third-order valence-electron chi connectivity index (χ3n) is 4.67. The van der Waals surface area contributed by atoms with Crippen LogP contribution in [0.4, 0.5) is 4.79 Å². The summed E-state index contributed by atoms with van der Waals surface area (Å²) in [5.41, 5.74) is 2.70. The number of hydrogen-bond acceptors (Lipinski definition) is 5. The Morgan fingerprint density at radius 1 is 0.875 bits per heavy atom. The Labute approximate surface area is 188 Å². The lowest BCUT2D eigenvalue weighted by atomic mass is 10.0. The van der Waals surface area contributed by atoms with E-state index in [4.69, 9.17) is 9.47 Å². The minimum atomic E-state index is -0.931. The van der Waals surface area contributed by atoms with Crippen LogP contribution < -0.4 is 10.6 Å². The molecular weight excluding hydrogens is 408 g/mol. The van der Waals surface area contributed by atoms with Crippen molar-refractivity contribution >= 4 is 18.0 Å². The second-order valence-corrected chi connectivity index (χ2v) is 7.55. The summed E-state index contributed by atoms with van der Waals surface area (Å²) in [6.07, 6.45) is 1.65. The van der Waals surface area contributed by atoms with Crippen LogP contribution in [0.2, 0.25) is 0 Å². The van der Waals surface area contributed by atoms with Crippen LogP contribution >= 0.6 is 0 Å². The molecule has 170 valence electrons. The Bertz CT molecular complexity index is 908. The molecule has 0 aromatic heterocycles. The predicted molar refractivity (Wildman–Crippen MR) is 122 cm³/mol. The van der Waals surface area contributed by atoms with Crippen LogP contribution in [0.15, 0.2) is 72.3 Å². The van der Waals surface area contributed by atoms with Gasteiger partial charge in [-0.2, -0.15) is 0 Å². The van der Waals surface area contributed by atoms with Gasteiger partial charge in [-0.15, -0.1) is 0 Å². The van der Waals surface area contributed by atoms with Gasteiger partial charge < -0.3 is 20.1 Å². The maximum Gasteiger partial charge on any atom is 0.408 e. The number of methoxy groups -OCH3 is 1. The SMILES string of the molecule is COC(=O)[C@H](CC=C(C)C)NC(=O)[C@@H](Cc1ccccc1)NC(=O)OCc1ccccc1. The minimum Gasteiger partial charge on any atom is -0.467 e. The zero-order chi connectivity index (χ0) is 23.3. The first-order valence-corrected chi connectivity index (χ1v) is 10.4. The Morgan fingerprint density at radius 2 is 1.47 bits per heavy atom. The monoisotopic (exact) mass is 438 g/mol. The van der Waals surface area contributed by atoms with Crippen molar-refractivity contribution in [1.29, 1.82) is 0 Å². The molecule has 2 atom stereocenters. The molecule has 0 aliphatic heterocycles. The summed E-state index contributed by atoms with van der Waals surface area (Å²) in [7, 11) is 1.27. The standard InChI is InChI=1S/C25H30N2O5/c1-18(2)14-15-21(24(29)31-3)26-23(28)22(16-19-10-6-4-7-11-19)27-25(30)32-17-20-12-8-5-9-13-20/h4-14,21-22H,15-17H2,1-3H3,(H,26,28)(H,27,30)/t21-,22+/m0/s1. The highest BCUT2D eigenvalue weighted by Gasteiger charge is 2.27. The Balaban J connectivity index is 2.09. The number of alkyl carbamates (subject to hydrolysis) is 1. The van der Waals surface area contributed by atoms with Gasteiger partial charge in [-0.05, 0) is 31.4 Å². The van der Waals surface area contributed by atoms with E-state index in [1.54, 1.807) is 0 Å². The fraction of sp³-hybridized carbons (Fsp3) is 0.320. The third kappa shape index (κ3) is 8.63. The predicted octanol–water partition coefficient (Wildman–Crippen LogP) is 3.54. The van der Waals surface area contributed by atoms with Crippen molar-refractivity contribution in [2.45, 2.75) is 45.4 Å². The van der Waals surface area contributed by atoms with E-state index in [0.717, 1.165) is 16.7 Å². The molecular formula is C25H30N2O5. The van der Waals surface area contributed by atoms with E-state index in [9.17, 15) is 14.4 Å². The van der Waals surface area contributed by atoms with E-state index in [1.165, 1.54) is 7.11 Å². The van der Waals surface area contributed by atoms with E-state index in [2.05, 4.69) is 10.6 Å². The molecule has 0 aliphatic rings.